The quantitative estimate of drug-likeness (QED) is 0.759. The lowest BCUT2D eigenvalue weighted by Gasteiger charge is -2.23. The van der Waals surface area contributed by atoms with E-state index in [9.17, 15) is 5.11 Å². The second-order valence-corrected chi connectivity index (χ2v) is 5.05. The Balaban J connectivity index is 2.22. The van der Waals surface area contributed by atoms with Crippen molar-refractivity contribution in [3.05, 3.63) is 28.2 Å². The van der Waals surface area contributed by atoms with Gasteiger partial charge >= 0.3 is 0 Å². The van der Waals surface area contributed by atoms with Crippen LogP contribution >= 0.6 is 11.3 Å². The summed E-state index contributed by atoms with van der Waals surface area (Å²) in [5.74, 6) is 0.706. The first-order chi connectivity index (χ1) is 6.81. The van der Waals surface area contributed by atoms with Crippen molar-refractivity contribution in [2.45, 2.75) is 25.7 Å². The van der Waals surface area contributed by atoms with Crippen molar-refractivity contribution in [2.24, 2.45) is 5.92 Å². The molecule has 0 spiro atoms. The smallest absolute Gasteiger partial charge is 0.0999 e. The molecule has 2 atom stereocenters. The lowest BCUT2D eigenvalue weighted by atomic mass is 9.85. The monoisotopic (exact) mass is 209 g/mol. The lowest BCUT2D eigenvalue weighted by molar-refractivity contribution is 0.204. The third-order valence-corrected chi connectivity index (χ3v) is 3.73. The Bertz CT molecular complexity index is 332. The number of hydrogen-bond acceptors (Lipinski definition) is 3. The molecule has 1 unspecified atom stereocenters. The van der Waals surface area contributed by atoms with Gasteiger partial charge in [0.05, 0.1) is 5.01 Å². The molecule has 3 heteroatoms. The molecule has 76 valence electrons. The minimum atomic E-state index is 0.271. The van der Waals surface area contributed by atoms with Gasteiger partial charge in [0.1, 0.15) is 0 Å². The number of allylic oxidation sites excluding steroid dienone is 2. The Morgan fingerprint density at radius 1 is 1.64 bits per heavy atom. The summed E-state index contributed by atoms with van der Waals surface area (Å²) in [5, 5.41) is 10.4. The highest BCUT2D eigenvalue weighted by molar-refractivity contribution is 7.11. The number of hydrogen-bond donors (Lipinski definition) is 1. The molecule has 14 heavy (non-hydrogen) atoms. The largest absolute Gasteiger partial charge is 0.396 e. The number of aryl methyl sites for hydroxylation is 1. The normalized spacial score (nSPS) is 26.7. The van der Waals surface area contributed by atoms with E-state index in [0.717, 1.165) is 17.8 Å². The summed E-state index contributed by atoms with van der Waals surface area (Å²) in [6.07, 6.45) is 8.48. The van der Waals surface area contributed by atoms with Crippen LogP contribution in [0.15, 0.2) is 18.3 Å². The van der Waals surface area contributed by atoms with E-state index in [1.807, 2.05) is 6.20 Å². The second kappa shape index (κ2) is 4.24. The van der Waals surface area contributed by atoms with E-state index in [2.05, 4.69) is 24.1 Å². The number of thiazole rings is 1. The first-order valence-electron chi connectivity index (χ1n) is 5.01. The Kier molecular flexibility index (Phi) is 2.99. The van der Waals surface area contributed by atoms with Gasteiger partial charge in [-0.15, -0.1) is 11.3 Å². The summed E-state index contributed by atoms with van der Waals surface area (Å²) >= 11 is 1.74. The molecule has 2 nitrogen and oxygen atoms in total. The molecule has 0 aliphatic heterocycles. The van der Waals surface area contributed by atoms with Crippen LogP contribution in [0.3, 0.4) is 0 Å². The van der Waals surface area contributed by atoms with Crippen LogP contribution in [0, 0.1) is 12.8 Å². The van der Waals surface area contributed by atoms with E-state index < -0.39 is 0 Å². The fraction of sp³-hybridized carbons (Fsp3) is 0.545. The minimum absolute atomic E-state index is 0.271. The van der Waals surface area contributed by atoms with Crippen LogP contribution < -0.4 is 0 Å². The van der Waals surface area contributed by atoms with Crippen LogP contribution in [0.4, 0.5) is 0 Å². The van der Waals surface area contributed by atoms with Crippen molar-refractivity contribution in [3.63, 3.8) is 0 Å². The van der Waals surface area contributed by atoms with Gasteiger partial charge in [-0.1, -0.05) is 12.2 Å². The highest BCUT2D eigenvalue weighted by Crippen LogP contribution is 2.34. The van der Waals surface area contributed by atoms with Crippen molar-refractivity contribution in [2.75, 3.05) is 6.61 Å². The number of aromatic nitrogens is 1. The molecule has 2 rings (SSSR count). The zero-order chi connectivity index (χ0) is 9.97. The maximum absolute atomic E-state index is 9.27. The van der Waals surface area contributed by atoms with Gasteiger partial charge in [-0.25, -0.2) is 4.98 Å². The summed E-state index contributed by atoms with van der Waals surface area (Å²) in [4.78, 5) is 5.64. The van der Waals surface area contributed by atoms with E-state index in [1.54, 1.807) is 11.3 Å². The highest BCUT2D eigenvalue weighted by atomic mass is 32.1. The zero-order valence-corrected chi connectivity index (χ0v) is 9.13. The lowest BCUT2D eigenvalue weighted by Crippen LogP contribution is -2.17. The highest BCUT2D eigenvalue weighted by Gasteiger charge is 2.24. The summed E-state index contributed by atoms with van der Waals surface area (Å²) in [5.41, 5.74) is 0. The molecular formula is C11H15NOS. The molecule has 1 heterocycles. The predicted molar refractivity (Wildman–Crippen MR) is 58.5 cm³/mol. The third kappa shape index (κ3) is 1.88. The predicted octanol–water partition coefficient (Wildman–Crippen LogP) is 2.49. The average molecular weight is 209 g/mol. The second-order valence-electron chi connectivity index (χ2n) is 3.78. The zero-order valence-electron chi connectivity index (χ0n) is 8.31. The van der Waals surface area contributed by atoms with Gasteiger partial charge in [-0.2, -0.15) is 0 Å². The van der Waals surface area contributed by atoms with Crippen molar-refractivity contribution in [3.8, 4) is 0 Å². The van der Waals surface area contributed by atoms with Crippen LogP contribution in [0.25, 0.3) is 0 Å². The molecule has 0 fully saturated rings. The number of aliphatic hydroxyl groups is 1. The molecule has 1 aliphatic carbocycles. The van der Waals surface area contributed by atoms with Gasteiger partial charge in [0.2, 0.25) is 0 Å². The Hall–Kier alpha value is -0.670. The first kappa shape index (κ1) is 9.87. The van der Waals surface area contributed by atoms with Crippen LogP contribution in [0.1, 0.15) is 28.6 Å². The van der Waals surface area contributed by atoms with E-state index in [-0.39, 0.29) is 6.61 Å². The summed E-state index contributed by atoms with van der Waals surface area (Å²) in [6, 6.07) is 0. The fourth-order valence-electron chi connectivity index (χ4n) is 1.90. The van der Waals surface area contributed by atoms with Crippen LogP contribution in [-0.2, 0) is 0 Å². The van der Waals surface area contributed by atoms with Gasteiger partial charge in [-0.05, 0) is 25.7 Å². The van der Waals surface area contributed by atoms with Crippen LogP contribution in [-0.4, -0.2) is 16.7 Å². The standard InChI is InChI=1S/C11H15NOS/c1-8-6-12-11(14-8)10-5-3-2-4-9(10)7-13/h3,5-6,9-10,13H,2,4,7H2,1H3/t9-,10?/m1/s1. The van der Waals surface area contributed by atoms with Gasteiger partial charge in [0, 0.05) is 23.6 Å². The number of nitrogens with zero attached hydrogens (tertiary/aromatic N) is 1. The Morgan fingerprint density at radius 3 is 3.14 bits per heavy atom. The molecule has 1 aromatic rings. The fourth-order valence-corrected chi connectivity index (χ4v) is 2.85. The maximum Gasteiger partial charge on any atom is 0.0999 e. The molecule has 0 radical (unpaired) electrons. The number of aliphatic hydroxyl groups excluding tert-OH is 1. The molecule has 0 amide bonds. The topological polar surface area (TPSA) is 33.1 Å². The van der Waals surface area contributed by atoms with Crippen molar-refractivity contribution in [1.29, 1.82) is 0 Å². The average Bonchev–Trinajstić information content (AvgIpc) is 2.65. The minimum Gasteiger partial charge on any atom is -0.396 e. The first-order valence-corrected chi connectivity index (χ1v) is 5.82. The SMILES string of the molecule is Cc1cnc(C2C=CCC[C@@H]2CO)s1. The summed E-state index contributed by atoms with van der Waals surface area (Å²) in [7, 11) is 0. The van der Waals surface area contributed by atoms with Crippen molar-refractivity contribution < 1.29 is 5.11 Å². The summed E-state index contributed by atoms with van der Waals surface area (Å²) < 4.78 is 0. The van der Waals surface area contributed by atoms with E-state index in [1.165, 1.54) is 4.88 Å². The van der Waals surface area contributed by atoms with E-state index in [0.29, 0.717) is 11.8 Å². The molecule has 1 N–H and O–H groups in total. The van der Waals surface area contributed by atoms with E-state index >= 15 is 0 Å². The molecule has 0 saturated heterocycles. The molecule has 1 aliphatic rings. The van der Waals surface area contributed by atoms with Crippen LogP contribution in [0.2, 0.25) is 0 Å². The van der Waals surface area contributed by atoms with Crippen molar-refractivity contribution >= 4 is 11.3 Å². The Labute approximate surface area is 88.3 Å². The van der Waals surface area contributed by atoms with Crippen molar-refractivity contribution in [1.82, 2.24) is 4.98 Å². The molecule has 0 saturated carbocycles. The van der Waals surface area contributed by atoms with Gasteiger partial charge < -0.3 is 5.11 Å². The van der Waals surface area contributed by atoms with Crippen LogP contribution in [0.5, 0.6) is 0 Å². The number of rotatable bonds is 2. The maximum atomic E-state index is 9.27. The Morgan fingerprint density at radius 2 is 2.50 bits per heavy atom. The van der Waals surface area contributed by atoms with Gasteiger partial charge in [0.25, 0.3) is 0 Å². The third-order valence-electron chi connectivity index (χ3n) is 2.71. The van der Waals surface area contributed by atoms with E-state index in [4.69, 9.17) is 0 Å². The van der Waals surface area contributed by atoms with Gasteiger partial charge in [0.15, 0.2) is 0 Å². The van der Waals surface area contributed by atoms with Gasteiger partial charge in [-0.3, -0.25) is 0 Å². The molecule has 0 bridgehead atoms. The molecular weight excluding hydrogens is 194 g/mol. The molecule has 0 aromatic carbocycles. The molecule has 1 aromatic heterocycles. The summed E-state index contributed by atoms with van der Waals surface area (Å²) in [6.45, 7) is 2.34.